The fourth-order valence-electron chi connectivity index (χ4n) is 7.25. The van der Waals surface area contributed by atoms with Crippen LogP contribution < -0.4 is 15.5 Å². The van der Waals surface area contributed by atoms with E-state index in [0.717, 1.165) is 42.5 Å². The summed E-state index contributed by atoms with van der Waals surface area (Å²) in [5.74, 6) is 0.0668. The molecule has 43 heavy (non-hydrogen) atoms. The van der Waals surface area contributed by atoms with Gasteiger partial charge in [0.15, 0.2) is 0 Å². The first-order chi connectivity index (χ1) is 20.3. The summed E-state index contributed by atoms with van der Waals surface area (Å²) >= 11 is 0. The summed E-state index contributed by atoms with van der Waals surface area (Å²) in [6, 6.07) is 8.40. The highest BCUT2D eigenvalue weighted by Gasteiger charge is 2.48. The summed E-state index contributed by atoms with van der Waals surface area (Å²) in [7, 11) is 0. The predicted octanol–water partition coefficient (Wildman–Crippen LogP) is 6.72. The molecule has 0 aromatic heterocycles. The second-order valence-corrected chi connectivity index (χ2v) is 13.2. The van der Waals surface area contributed by atoms with Crippen LogP contribution in [0.15, 0.2) is 36.4 Å². The largest absolute Gasteiger partial charge is 0.407 e. The number of hydrogen-bond donors (Lipinski definition) is 2. The second kappa shape index (κ2) is 10.6. The molecule has 4 atom stereocenters. The number of alkyl halides is 4. The molecule has 228 valence electrons. The summed E-state index contributed by atoms with van der Waals surface area (Å²) < 4.78 is 58.0. The molecular weight excluding hydrogens is 560 g/mol. The Morgan fingerprint density at radius 2 is 1.74 bits per heavy atom. The van der Waals surface area contributed by atoms with Crippen LogP contribution in [0.25, 0.3) is 11.1 Å². The third kappa shape index (κ3) is 5.76. The minimum absolute atomic E-state index is 0.0930. The average Bonchev–Trinajstić information content (AvgIpc) is 3.25. The van der Waals surface area contributed by atoms with Gasteiger partial charge in [-0.25, -0.2) is 4.39 Å². The number of fused-ring (bicyclic) bond motifs is 5. The smallest absolute Gasteiger partial charge is 0.336 e. The quantitative estimate of drug-likeness (QED) is 0.315. The fraction of sp³-hybridized carbons (Fsp3) is 0.545. The van der Waals surface area contributed by atoms with Gasteiger partial charge in [-0.3, -0.25) is 14.9 Å². The minimum Gasteiger partial charge on any atom is -0.336 e. The van der Waals surface area contributed by atoms with Gasteiger partial charge < -0.3 is 10.2 Å². The van der Waals surface area contributed by atoms with Crippen molar-refractivity contribution < 1.29 is 27.2 Å². The van der Waals surface area contributed by atoms with Crippen molar-refractivity contribution in [1.29, 1.82) is 5.26 Å². The SMILES string of the molecule is CC(C)(F)C[C@H](N[C@@H](c1ccc(-c2ccc(N3CCCC3=O)c3c2C2CCC3C2)cc1)C(F)(F)F)C(=O)NC1(C#N)CC1. The number of carbonyl (C=O) groups excluding carboxylic acids is 2. The Kier molecular flexibility index (Phi) is 7.31. The van der Waals surface area contributed by atoms with Crippen LogP contribution in [0.1, 0.15) is 99.8 Å². The first-order valence-corrected chi connectivity index (χ1v) is 15.1. The monoisotopic (exact) mass is 596 g/mol. The summed E-state index contributed by atoms with van der Waals surface area (Å²) in [4.78, 5) is 27.5. The van der Waals surface area contributed by atoms with E-state index in [1.807, 2.05) is 23.1 Å². The van der Waals surface area contributed by atoms with Gasteiger partial charge in [0.25, 0.3) is 0 Å². The first kappa shape index (κ1) is 29.6. The number of rotatable bonds is 9. The number of amides is 2. The van der Waals surface area contributed by atoms with E-state index in [0.29, 0.717) is 37.6 Å². The lowest BCUT2D eigenvalue weighted by molar-refractivity contribution is -0.161. The molecule has 2 unspecified atom stereocenters. The van der Waals surface area contributed by atoms with Crippen molar-refractivity contribution in [3.8, 4) is 17.2 Å². The van der Waals surface area contributed by atoms with Gasteiger partial charge >= 0.3 is 6.18 Å². The Morgan fingerprint density at radius 1 is 1.07 bits per heavy atom. The molecule has 3 aliphatic carbocycles. The van der Waals surface area contributed by atoms with Crippen molar-refractivity contribution in [2.24, 2.45) is 0 Å². The van der Waals surface area contributed by atoms with Crippen LogP contribution in [-0.4, -0.2) is 41.8 Å². The van der Waals surface area contributed by atoms with Crippen molar-refractivity contribution in [3.63, 3.8) is 0 Å². The highest BCUT2D eigenvalue weighted by atomic mass is 19.4. The molecule has 6 rings (SSSR count). The van der Waals surface area contributed by atoms with E-state index in [2.05, 4.69) is 10.6 Å². The number of nitrogens with zero attached hydrogens (tertiary/aromatic N) is 2. The molecule has 4 aliphatic rings. The van der Waals surface area contributed by atoms with E-state index in [4.69, 9.17) is 0 Å². The Hall–Kier alpha value is -3.45. The summed E-state index contributed by atoms with van der Waals surface area (Å²) in [5.41, 5.74) is 2.06. The molecular formula is C33H36F4N4O2. The van der Waals surface area contributed by atoms with E-state index in [9.17, 15) is 32.4 Å². The Morgan fingerprint density at radius 3 is 2.30 bits per heavy atom. The van der Waals surface area contributed by atoms with Crippen LogP contribution in [0.4, 0.5) is 23.2 Å². The van der Waals surface area contributed by atoms with Gasteiger partial charge in [0, 0.05) is 25.1 Å². The summed E-state index contributed by atoms with van der Waals surface area (Å²) in [6.07, 6.45) is 0.103. The van der Waals surface area contributed by atoms with Crippen LogP contribution in [-0.2, 0) is 9.59 Å². The number of benzene rings is 2. The van der Waals surface area contributed by atoms with Gasteiger partial charge in [-0.05, 0) is 98.1 Å². The maximum atomic E-state index is 14.7. The minimum atomic E-state index is -4.77. The molecule has 0 radical (unpaired) electrons. The second-order valence-electron chi connectivity index (χ2n) is 13.2. The molecule has 10 heteroatoms. The highest BCUT2D eigenvalue weighted by molar-refractivity contribution is 5.97. The van der Waals surface area contributed by atoms with Crippen molar-refractivity contribution >= 4 is 17.5 Å². The van der Waals surface area contributed by atoms with Crippen molar-refractivity contribution in [2.75, 3.05) is 11.4 Å². The lowest BCUT2D eigenvalue weighted by Gasteiger charge is -2.30. The van der Waals surface area contributed by atoms with Gasteiger partial charge in [0.1, 0.15) is 17.2 Å². The third-order valence-electron chi connectivity index (χ3n) is 9.46. The first-order valence-electron chi connectivity index (χ1n) is 15.1. The van der Waals surface area contributed by atoms with Crippen LogP contribution >= 0.6 is 0 Å². The van der Waals surface area contributed by atoms with Gasteiger partial charge in [-0.1, -0.05) is 30.3 Å². The van der Waals surface area contributed by atoms with E-state index >= 15 is 0 Å². The standard InChI is InChI=1S/C33H36F4N4O2/c1-31(2,34)17-24(30(43)40-32(18-38)13-14-32)39-29(33(35,36)37)20-7-5-19(6-8-20)23-11-12-25(41-15-3-4-26(41)42)28-22-10-9-21(16-22)27(23)28/h5-8,11-12,21-22,24,29,39H,3-4,9-10,13-17H2,1-2H3,(H,40,43)/t21?,22?,24-,29-/m0/s1. The maximum absolute atomic E-state index is 14.7. The van der Waals surface area contributed by atoms with Crippen molar-refractivity contribution in [2.45, 2.75) is 107 Å². The molecule has 2 saturated carbocycles. The van der Waals surface area contributed by atoms with Gasteiger partial charge in [-0.2, -0.15) is 18.4 Å². The average molecular weight is 597 g/mol. The van der Waals surface area contributed by atoms with E-state index in [1.165, 1.54) is 37.1 Å². The number of nitriles is 1. The van der Waals surface area contributed by atoms with E-state index in [1.54, 1.807) is 12.1 Å². The molecule has 2 aromatic carbocycles. The van der Waals surface area contributed by atoms with Crippen LogP contribution in [0.3, 0.4) is 0 Å². The maximum Gasteiger partial charge on any atom is 0.407 e. The Labute approximate surface area is 248 Å². The zero-order valence-corrected chi connectivity index (χ0v) is 24.4. The zero-order chi connectivity index (χ0) is 30.7. The third-order valence-corrected chi connectivity index (χ3v) is 9.46. The molecule has 1 heterocycles. The van der Waals surface area contributed by atoms with Crippen LogP contribution in [0, 0.1) is 11.3 Å². The normalized spacial score (nSPS) is 23.6. The number of anilines is 1. The van der Waals surface area contributed by atoms with Gasteiger partial charge in [0.05, 0.1) is 12.1 Å². The molecule has 1 saturated heterocycles. The Bertz CT molecular complexity index is 1470. The lowest BCUT2D eigenvalue weighted by Crippen LogP contribution is -2.53. The molecule has 3 fully saturated rings. The van der Waals surface area contributed by atoms with E-state index < -0.39 is 41.8 Å². The summed E-state index contributed by atoms with van der Waals surface area (Å²) in [5, 5.41) is 14.3. The zero-order valence-electron chi connectivity index (χ0n) is 24.4. The number of halogens is 4. The van der Waals surface area contributed by atoms with E-state index in [-0.39, 0.29) is 11.5 Å². The summed E-state index contributed by atoms with van der Waals surface area (Å²) in [6.45, 7) is 3.12. The number of hydrogen-bond acceptors (Lipinski definition) is 4. The number of carbonyl (C=O) groups is 2. The Balaban J connectivity index is 1.30. The molecule has 2 aromatic rings. The van der Waals surface area contributed by atoms with Crippen molar-refractivity contribution in [1.82, 2.24) is 10.6 Å². The highest BCUT2D eigenvalue weighted by Crippen LogP contribution is 2.58. The molecule has 6 nitrogen and oxygen atoms in total. The molecule has 2 bridgehead atoms. The number of nitrogens with one attached hydrogen (secondary N) is 2. The molecule has 1 aliphatic heterocycles. The molecule has 0 spiro atoms. The molecule has 2 amide bonds. The van der Waals surface area contributed by atoms with Crippen molar-refractivity contribution in [3.05, 3.63) is 53.1 Å². The van der Waals surface area contributed by atoms with Gasteiger partial charge in [0.2, 0.25) is 11.8 Å². The fourth-order valence-corrected chi connectivity index (χ4v) is 7.25. The van der Waals surface area contributed by atoms with Crippen LogP contribution in [0.2, 0.25) is 0 Å². The van der Waals surface area contributed by atoms with Gasteiger partial charge in [-0.15, -0.1) is 0 Å². The lowest BCUT2D eigenvalue weighted by atomic mass is 9.84. The topological polar surface area (TPSA) is 85.2 Å². The van der Waals surface area contributed by atoms with Crippen LogP contribution in [0.5, 0.6) is 0 Å². The molecule has 2 N–H and O–H groups in total. The predicted molar refractivity (Wildman–Crippen MR) is 154 cm³/mol.